The van der Waals surface area contributed by atoms with Crippen molar-refractivity contribution in [3.63, 3.8) is 0 Å². The standard InChI is InChI=1S/C27H30N4O2S/c1-27(2,3)21-15-13-20(14-16-21)24-28-29-26(31(24)18-22-12-9-17-33-22)34-23(25(32)30(4)5)19-10-7-6-8-11-19/h6-17,23H,18H2,1-5H3. The van der Waals surface area contributed by atoms with E-state index in [1.165, 1.54) is 17.3 Å². The second-order valence-electron chi connectivity index (χ2n) is 9.44. The first kappa shape index (κ1) is 23.8. The number of rotatable bonds is 7. The molecule has 2 aromatic heterocycles. The second-order valence-corrected chi connectivity index (χ2v) is 10.5. The summed E-state index contributed by atoms with van der Waals surface area (Å²) in [5.41, 5.74) is 3.21. The molecule has 4 aromatic rings. The number of amides is 1. The molecule has 6 nitrogen and oxygen atoms in total. The number of hydrogen-bond acceptors (Lipinski definition) is 5. The summed E-state index contributed by atoms with van der Waals surface area (Å²) >= 11 is 1.41. The Morgan fingerprint density at radius 3 is 2.29 bits per heavy atom. The Kier molecular flexibility index (Phi) is 6.93. The molecule has 1 amide bonds. The van der Waals surface area contributed by atoms with E-state index < -0.39 is 5.25 Å². The van der Waals surface area contributed by atoms with Crippen molar-refractivity contribution in [2.45, 2.75) is 43.1 Å². The Hall–Kier alpha value is -3.32. The van der Waals surface area contributed by atoms with Gasteiger partial charge in [-0.3, -0.25) is 9.36 Å². The summed E-state index contributed by atoms with van der Waals surface area (Å²) in [5.74, 6) is 1.53. The average Bonchev–Trinajstić information content (AvgIpc) is 3.47. The van der Waals surface area contributed by atoms with Gasteiger partial charge in [-0.2, -0.15) is 0 Å². The quantitative estimate of drug-likeness (QED) is 0.317. The van der Waals surface area contributed by atoms with Gasteiger partial charge >= 0.3 is 0 Å². The molecule has 0 saturated heterocycles. The summed E-state index contributed by atoms with van der Waals surface area (Å²) in [6, 6.07) is 22.0. The number of thioether (sulfide) groups is 1. The maximum atomic E-state index is 13.1. The van der Waals surface area contributed by atoms with Crippen LogP contribution in [0.25, 0.3) is 11.4 Å². The van der Waals surface area contributed by atoms with Crippen molar-refractivity contribution in [1.82, 2.24) is 19.7 Å². The molecule has 0 bridgehead atoms. The highest BCUT2D eigenvalue weighted by molar-refractivity contribution is 8.00. The molecular formula is C27H30N4O2S. The molecular weight excluding hydrogens is 444 g/mol. The zero-order valence-electron chi connectivity index (χ0n) is 20.2. The van der Waals surface area contributed by atoms with Crippen molar-refractivity contribution in [3.8, 4) is 11.4 Å². The van der Waals surface area contributed by atoms with Crippen LogP contribution >= 0.6 is 11.8 Å². The van der Waals surface area contributed by atoms with Gasteiger partial charge in [0, 0.05) is 19.7 Å². The van der Waals surface area contributed by atoms with Gasteiger partial charge in [-0.15, -0.1) is 10.2 Å². The van der Waals surface area contributed by atoms with Gasteiger partial charge < -0.3 is 9.32 Å². The molecule has 2 heterocycles. The SMILES string of the molecule is CN(C)C(=O)C(Sc1nnc(-c2ccc(C(C)(C)C)cc2)n1Cc1ccco1)c1ccccc1. The molecule has 1 atom stereocenters. The van der Waals surface area contributed by atoms with Gasteiger partial charge in [-0.1, -0.05) is 87.1 Å². The van der Waals surface area contributed by atoms with Gasteiger partial charge in [0.1, 0.15) is 11.0 Å². The van der Waals surface area contributed by atoms with Gasteiger partial charge in [0.15, 0.2) is 11.0 Å². The van der Waals surface area contributed by atoms with Crippen LogP contribution in [0, 0.1) is 0 Å². The number of hydrogen-bond donors (Lipinski definition) is 0. The van der Waals surface area contributed by atoms with E-state index in [2.05, 4.69) is 55.2 Å². The minimum atomic E-state index is -0.438. The highest BCUT2D eigenvalue weighted by Crippen LogP contribution is 2.37. The third-order valence-electron chi connectivity index (χ3n) is 5.61. The maximum absolute atomic E-state index is 13.1. The first-order valence-corrected chi connectivity index (χ1v) is 12.1. The Morgan fingerprint density at radius 2 is 1.71 bits per heavy atom. The molecule has 0 aliphatic carbocycles. The lowest BCUT2D eigenvalue weighted by Crippen LogP contribution is -2.27. The van der Waals surface area contributed by atoms with Crippen molar-refractivity contribution < 1.29 is 9.21 Å². The predicted molar refractivity (Wildman–Crippen MR) is 136 cm³/mol. The van der Waals surface area contributed by atoms with Crippen LogP contribution in [0.2, 0.25) is 0 Å². The molecule has 0 saturated carbocycles. The fourth-order valence-electron chi connectivity index (χ4n) is 3.64. The van der Waals surface area contributed by atoms with Crippen LogP contribution in [-0.4, -0.2) is 39.7 Å². The van der Waals surface area contributed by atoms with Crippen molar-refractivity contribution in [3.05, 3.63) is 89.9 Å². The van der Waals surface area contributed by atoms with E-state index in [9.17, 15) is 4.79 Å². The molecule has 0 aliphatic rings. The van der Waals surface area contributed by atoms with Crippen LogP contribution in [0.5, 0.6) is 0 Å². The first-order chi connectivity index (χ1) is 16.2. The van der Waals surface area contributed by atoms with E-state index in [1.54, 1.807) is 25.3 Å². The number of benzene rings is 2. The fourth-order valence-corrected chi connectivity index (χ4v) is 4.82. The maximum Gasteiger partial charge on any atom is 0.240 e. The number of carbonyl (C=O) groups is 1. The third-order valence-corrected chi connectivity index (χ3v) is 6.83. The molecule has 176 valence electrons. The fraction of sp³-hybridized carbons (Fsp3) is 0.296. The van der Waals surface area contributed by atoms with Crippen molar-refractivity contribution in [1.29, 1.82) is 0 Å². The van der Waals surface area contributed by atoms with Gasteiger partial charge in [-0.05, 0) is 28.7 Å². The summed E-state index contributed by atoms with van der Waals surface area (Å²) in [5, 5.41) is 9.27. The lowest BCUT2D eigenvalue weighted by molar-refractivity contribution is -0.128. The third kappa shape index (κ3) is 5.25. The Bertz CT molecular complexity index is 1220. The summed E-state index contributed by atoms with van der Waals surface area (Å²) in [4.78, 5) is 14.7. The van der Waals surface area contributed by atoms with Crippen molar-refractivity contribution in [2.75, 3.05) is 14.1 Å². The van der Waals surface area contributed by atoms with Crippen LogP contribution in [0.4, 0.5) is 0 Å². The van der Waals surface area contributed by atoms with Crippen LogP contribution in [0.15, 0.2) is 82.6 Å². The molecule has 34 heavy (non-hydrogen) atoms. The van der Waals surface area contributed by atoms with Crippen LogP contribution in [0.3, 0.4) is 0 Å². The molecule has 2 aromatic carbocycles. The molecule has 0 spiro atoms. The normalized spacial score (nSPS) is 12.5. The summed E-state index contributed by atoms with van der Waals surface area (Å²) in [6.45, 7) is 7.06. The number of nitrogens with zero attached hydrogens (tertiary/aromatic N) is 4. The van der Waals surface area contributed by atoms with E-state index >= 15 is 0 Å². The zero-order valence-corrected chi connectivity index (χ0v) is 21.0. The summed E-state index contributed by atoms with van der Waals surface area (Å²) in [7, 11) is 3.54. The first-order valence-electron chi connectivity index (χ1n) is 11.2. The lowest BCUT2D eigenvalue weighted by atomic mass is 9.87. The van der Waals surface area contributed by atoms with Crippen molar-refractivity contribution >= 4 is 17.7 Å². The molecule has 7 heteroatoms. The number of furan rings is 1. The molecule has 0 fully saturated rings. The predicted octanol–water partition coefficient (Wildman–Crippen LogP) is 5.81. The highest BCUT2D eigenvalue weighted by Gasteiger charge is 2.27. The van der Waals surface area contributed by atoms with Gasteiger partial charge in [0.2, 0.25) is 5.91 Å². The minimum absolute atomic E-state index is 0.000159. The number of likely N-dealkylation sites (N-methyl/N-ethyl adjacent to an activating group) is 1. The number of carbonyl (C=O) groups excluding carboxylic acids is 1. The molecule has 1 unspecified atom stereocenters. The van der Waals surface area contributed by atoms with E-state index in [0.717, 1.165) is 22.7 Å². The second kappa shape index (κ2) is 9.89. The molecule has 0 aliphatic heterocycles. The van der Waals surface area contributed by atoms with Crippen LogP contribution in [-0.2, 0) is 16.8 Å². The average molecular weight is 475 g/mol. The topological polar surface area (TPSA) is 64.2 Å². The Labute approximate surface area is 205 Å². The van der Waals surface area contributed by atoms with Gasteiger partial charge in [-0.25, -0.2) is 0 Å². The highest BCUT2D eigenvalue weighted by atomic mass is 32.2. The van der Waals surface area contributed by atoms with E-state index in [4.69, 9.17) is 4.42 Å². The smallest absolute Gasteiger partial charge is 0.240 e. The largest absolute Gasteiger partial charge is 0.467 e. The Morgan fingerprint density at radius 1 is 1.00 bits per heavy atom. The summed E-state index contributed by atoms with van der Waals surface area (Å²) < 4.78 is 7.65. The van der Waals surface area contributed by atoms with Gasteiger partial charge in [0.25, 0.3) is 0 Å². The van der Waals surface area contributed by atoms with E-state index in [-0.39, 0.29) is 11.3 Å². The zero-order chi connectivity index (χ0) is 24.3. The van der Waals surface area contributed by atoms with Crippen LogP contribution in [0.1, 0.15) is 42.9 Å². The molecule has 0 N–H and O–H groups in total. The lowest BCUT2D eigenvalue weighted by Gasteiger charge is -2.21. The Balaban J connectivity index is 1.75. The summed E-state index contributed by atoms with van der Waals surface area (Å²) in [6.07, 6.45) is 1.66. The van der Waals surface area contributed by atoms with Crippen molar-refractivity contribution in [2.24, 2.45) is 0 Å². The molecule has 0 radical (unpaired) electrons. The van der Waals surface area contributed by atoms with E-state index in [0.29, 0.717) is 11.7 Å². The minimum Gasteiger partial charge on any atom is -0.467 e. The van der Waals surface area contributed by atoms with Gasteiger partial charge in [0.05, 0.1) is 12.8 Å². The monoisotopic (exact) mass is 474 g/mol. The molecule has 4 rings (SSSR count). The van der Waals surface area contributed by atoms with Crippen LogP contribution < -0.4 is 0 Å². The number of aromatic nitrogens is 3. The van der Waals surface area contributed by atoms with E-state index in [1.807, 2.05) is 47.0 Å².